The zero-order valence-corrected chi connectivity index (χ0v) is 16.5. The Kier molecular flexibility index (Phi) is 5.41. The lowest BCUT2D eigenvalue weighted by molar-refractivity contribution is -0.124. The molecule has 0 bridgehead atoms. The van der Waals surface area contributed by atoms with Crippen LogP contribution in [0.2, 0.25) is 0 Å². The molecule has 0 aromatic heterocycles. The third-order valence-electron chi connectivity index (χ3n) is 5.81. The second kappa shape index (κ2) is 7.80. The van der Waals surface area contributed by atoms with Crippen molar-refractivity contribution in [2.75, 3.05) is 19.7 Å². The maximum Gasteiger partial charge on any atom is 0.258 e. The number of nitrogens with one attached hydrogen (secondary N) is 1. The topological polar surface area (TPSA) is 75.7 Å². The van der Waals surface area contributed by atoms with Gasteiger partial charge in [-0.3, -0.25) is 4.79 Å². The van der Waals surface area contributed by atoms with E-state index in [1.807, 2.05) is 6.07 Å². The van der Waals surface area contributed by atoms with E-state index in [4.69, 9.17) is 4.74 Å². The predicted octanol–water partition coefficient (Wildman–Crippen LogP) is 2.02. The van der Waals surface area contributed by atoms with Crippen molar-refractivity contribution in [3.8, 4) is 5.75 Å². The molecular formula is C20H28N2O4S. The molecule has 6 nitrogen and oxygen atoms in total. The van der Waals surface area contributed by atoms with E-state index in [1.165, 1.54) is 24.0 Å². The summed E-state index contributed by atoms with van der Waals surface area (Å²) in [5.41, 5.74) is 2.73. The van der Waals surface area contributed by atoms with Crippen LogP contribution >= 0.6 is 0 Å². The van der Waals surface area contributed by atoms with Gasteiger partial charge in [-0.15, -0.1) is 0 Å². The van der Waals surface area contributed by atoms with E-state index in [-0.39, 0.29) is 23.8 Å². The maximum absolute atomic E-state index is 12.3. The van der Waals surface area contributed by atoms with E-state index < -0.39 is 10.0 Å². The first kappa shape index (κ1) is 18.7. The number of rotatable bonds is 6. The summed E-state index contributed by atoms with van der Waals surface area (Å²) in [4.78, 5) is 12.2. The number of amides is 1. The van der Waals surface area contributed by atoms with Crippen molar-refractivity contribution in [1.82, 2.24) is 9.62 Å². The molecule has 4 rings (SSSR count). The summed E-state index contributed by atoms with van der Waals surface area (Å²) >= 11 is 0. The Labute approximate surface area is 161 Å². The van der Waals surface area contributed by atoms with Crippen molar-refractivity contribution in [2.24, 2.45) is 0 Å². The smallest absolute Gasteiger partial charge is 0.258 e. The van der Waals surface area contributed by atoms with Crippen LogP contribution < -0.4 is 10.1 Å². The van der Waals surface area contributed by atoms with E-state index >= 15 is 0 Å². The minimum Gasteiger partial charge on any atom is -0.484 e. The number of ether oxygens (including phenoxy) is 1. The standard InChI is InChI=1S/C20H28N2O4S/c23-20(14-26-18-6-5-15-3-1-2-4-16(15)13-18)21-17-9-11-22(12-10-17)27(24,25)19-7-8-19/h5-6,13,17,19H,1-4,7-12,14H2,(H,21,23). The zero-order valence-electron chi connectivity index (χ0n) is 15.7. The van der Waals surface area contributed by atoms with E-state index in [1.54, 1.807) is 4.31 Å². The molecule has 1 aliphatic heterocycles. The molecule has 2 aliphatic carbocycles. The number of hydrogen-bond donors (Lipinski definition) is 1. The maximum atomic E-state index is 12.3. The Balaban J connectivity index is 1.22. The van der Waals surface area contributed by atoms with Crippen LogP contribution in [0.25, 0.3) is 0 Å². The van der Waals surface area contributed by atoms with E-state index in [9.17, 15) is 13.2 Å². The fraction of sp³-hybridized carbons (Fsp3) is 0.650. The normalized spacial score (nSPS) is 21.5. The number of aryl methyl sites for hydroxylation is 2. The van der Waals surface area contributed by atoms with Crippen LogP contribution in [0, 0.1) is 0 Å². The summed E-state index contributed by atoms with van der Waals surface area (Å²) in [6.07, 6.45) is 7.58. The Morgan fingerprint density at radius 2 is 1.78 bits per heavy atom. The summed E-state index contributed by atoms with van der Waals surface area (Å²) in [5.74, 6) is 0.604. The highest BCUT2D eigenvalue weighted by Gasteiger charge is 2.41. The quantitative estimate of drug-likeness (QED) is 0.804. The van der Waals surface area contributed by atoms with Gasteiger partial charge in [-0.1, -0.05) is 6.07 Å². The average Bonchev–Trinajstić information content (AvgIpc) is 3.52. The molecule has 0 unspecified atom stereocenters. The highest BCUT2D eigenvalue weighted by molar-refractivity contribution is 7.90. The number of nitrogens with zero attached hydrogens (tertiary/aromatic N) is 1. The summed E-state index contributed by atoms with van der Waals surface area (Å²) in [6, 6.07) is 6.13. The van der Waals surface area contributed by atoms with Crippen molar-refractivity contribution < 1.29 is 17.9 Å². The molecule has 0 spiro atoms. The van der Waals surface area contributed by atoms with Crippen LogP contribution in [0.5, 0.6) is 5.75 Å². The second-order valence-corrected chi connectivity index (χ2v) is 10.1. The Bertz CT molecular complexity index is 796. The van der Waals surface area contributed by atoms with Crippen molar-refractivity contribution in [2.45, 2.75) is 62.7 Å². The third kappa shape index (κ3) is 4.46. The molecule has 1 aromatic rings. The number of sulfonamides is 1. The molecule has 2 fully saturated rings. The molecule has 1 amide bonds. The number of carbonyl (C=O) groups is 1. The van der Waals surface area contributed by atoms with Gasteiger partial charge in [0.1, 0.15) is 5.75 Å². The number of benzene rings is 1. The fourth-order valence-electron chi connectivity index (χ4n) is 4.05. The Morgan fingerprint density at radius 3 is 2.48 bits per heavy atom. The molecule has 1 saturated carbocycles. The molecule has 27 heavy (non-hydrogen) atoms. The van der Waals surface area contributed by atoms with Crippen molar-refractivity contribution in [1.29, 1.82) is 0 Å². The van der Waals surface area contributed by atoms with Crippen LogP contribution in [-0.4, -0.2) is 49.6 Å². The largest absolute Gasteiger partial charge is 0.484 e. The summed E-state index contributed by atoms with van der Waals surface area (Å²) in [6.45, 7) is 0.990. The molecule has 0 radical (unpaired) electrons. The molecule has 7 heteroatoms. The number of carbonyl (C=O) groups excluding carboxylic acids is 1. The van der Waals surface area contributed by atoms with Gasteiger partial charge in [0.2, 0.25) is 10.0 Å². The van der Waals surface area contributed by atoms with Crippen LogP contribution in [0.15, 0.2) is 18.2 Å². The lowest BCUT2D eigenvalue weighted by atomic mass is 9.92. The highest BCUT2D eigenvalue weighted by atomic mass is 32.2. The number of fused-ring (bicyclic) bond motifs is 1. The van der Waals surface area contributed by atoms with Gasteiger partial charge in [0.15, 0.2) is 6.61 Å². The molecular weight excluding hydrogens is 364 g/mol. The lowest BCUT2D eigenvalue weighted by Crippen LogP contribution is -2.48. The van der Waals surface area contributed by atoms with Gasteiger partial charge in [0.05, 0.1) is 5.25 Å². The number of piperidine rings is 1. The average molecular weight is 393 g/mol. The Morgan fingerprint density at radius 1 is 1.07 bits per heavy atom. The van der Waals surface area contributed by atoms with E-state index in [0.717, 1.165) is 31.4 Å². The fourth-order valence-corrected chi connectivity index (χ4v) is 5.92. The molecule has 1 aromatic carbocycles. The summed E-state index contributed by atoms with van der Waals surface area (Å²) in [5, 5.41) is 2.82. The van der Waals surface area contributed by atoms with E-state index in [2.05, 4.69) is 17.4 Å². The second-order valence-electron chi connectivity index (χ2n) is 7.91. The first-order chi connectivity index (χ1) is 13.0. The highest BCUT2D eigenvalue weighted by Crippen LogP contribution is 2.32. The first-order valence-corrected chi connectivity index (χ1v) is 11.6. The van der Waals surface area contributed by atoms with Gasteiger partial charge in [-0.2, -0.15) is 0 Å². The molecule has 148 valence electrons. The van der Waals surface area contributed by atoms with Crippen LogP contribution in [0.3, 0.4) is 0 Å². The van der Waals surface area contributed by atoms with Gasteiger partial charge in [0, 0.05) is 19.1 Å². The predicted molar refractivity (Wildman–Crippen MR) is 103 cm³/mol. The lowest BCUT2D eigenvalue weighted by Gasteiger charge is -2.31. The molecule has 1 saturated heterocycles. The van der Waals surface area contributed by atoms with Gasteiger partial charge >= 0.3 is 0 Å². The van der Waals surface area contributed by atoms with Crippen molar-refractivity contribution >= 4 is 15.9 Å². The zero-order chi connectivity index (χ0) is 18.9. The molecule has 3 aliphatic rings. The molecule has 1 heterocycles. The SMILES string of the molecule is O=C(COc1ccc2c(c1)CCCC2)NC1CCN(S(=O)(=O)C2CC2)CC1. The third-order valence-corrected chi connectivity index (χ3v) is 8.21. The van der Waals surface area contributed by atoms with Crippen molar-refractivity contribution in [3.63, 3.8) is 0 Å². The molecule has 1 N–H and O–H groups in total. The van der Waals surface area contributed by atoms with E-state index in [0.29, 0.717) is 25.9 Å². The van der Waals surface area contributed by atoms with Gasteiger partial charge in [0.25, 0.3) is 5.91 Å². The monoisotopic (exact) mass is 392 g/mol. The molecule has 0 atom stereocenters. The minimum atomic E-state index is -3.10. The van der Waals surface area contributed by atoms with Crippen LogP contribution in [0.1, 0.15) is 49.7 Å². The van der Waals surface area contributed by atoms with Gasteiger partial charge in [-0.25, -0.2) is 12.7 Å². The van der Waals surface area contributed by atoms with Crippen LogP contribution in [-0.2, 0) is 27.7 Å². The van der Waals surface area contributed by atoms with Gasteiger partial charge in [-0.05, 0) is 74.6 Å². The number of hydrogen-bond acceptors (Lipinski definition) is 4. The minimum absolute atomic E-state index is 0.000621. The first-order valence-electron chi connectivity index (χ1n) is 10.1. The van der Waals surface area contributed by atoms with Crippen molar-refractivity contribution in [3.05, 3.63) is 29.3 Å². The Hall–Kier alpha value is -1.60. The van der Waals surface area contributed by atoms with Gasteiger partial charge < -0.3 is 10.1 Å². The summed E-state index contributed by atoms with van der Waals surface area (Å²) < 4.78 is 31.8. The van der Waals surface area contributed by atoms with Crippen LogP contribution in [0.4, 0.5) is 0 Å². The summed E-state index contributed by atoms with van der Waals surface area (Å²) in [7, 11) is -3.10.